The molecule has 30 heavy (non-hydrogen) atoms. The second kappa shape index (κ2) is 8.79. The first-order valence-corrected chi connectivity index (χ1v) is 11.5. The molecule has 1 fully saturated rings. The highest BCUT2D eigenvalue weighted by molar-refractivity contribution is 7.91. The van der Waals surface area contributed by atoms with Gasteiger partial charge in [-0.05, 0) is 34.0 Å². The molecule has 1 heterocycles. The van der Waals surface area contributed by atoms with E-state index in [-0.39, 0.29) is 4.90 Å². The van der Waals surface area contributed by atoms with Gasteiger partial charge in [0.15, 0.2) is 0 Å². The second-order valence-electron chi connectivity index (χ2n) is 7.64. The molecule has 4 nitrogen and oxygen atoms in total. The van der Waals surface area contributed by atoms with E-state index in [4.69, 9.17) is 0 Å². The number of hydrogen-bond donors (Lipinski definition) is 0. The van der Waals surface area contributed by atoms with Crippen LogP contribution in [0.2, 0.25) is 0 Å². The van der Waals surface area contributed by atoms with Gasteiger partial charge < -0.3 is 0 Å². The van der Waals surface area contributed by atoms with E-state index in [0.717, 1.165) is 38.3 Å². The van der Waals surface area contributed by atoms with Crippen LogP contribution in [0.1, 0.15) is 11.1 Å². The summed E-state index contributed by atoms with van der Waals surface area (Å²) in [4.78, 5) is 4.41. The van der Waals surface area contributed by atoms with E-state index >= 15 is 0 Å². The Hall–Kier alpha value is -2.35. The summed E-state index contributed by atoms with van der Waals surface area (Å²) in [5.74, 6) is -3.39. The van der Waals surface area contributed by atoms with Gasteiger partial charge in [-0.1, -0.05) is 54.6 Å². The Morgan fingerprint density at radius 1 is 0.767 bits per heavy atom. The molecule has 3 aromatic carbocycles. The van der Waals surface area contributed by atoms with Crippen LogP contribution >= 0.6 is 0 Å². The molecule has 0 amide bonds. The minimum atomic E-state index is -4.53. The van der Waals surface area contributed by atoms with Crippen molar-refractivity contribution < 1.29 is 17.2 Å². The van der Waals surface area contributed by atoms with Crippen molar-refractivity contribution in [3.8, 4) is 0 Å². The summed E-state index contributed by atoms with van der Waals surface area (Å²) in [5, 5.41) is 2.55. The van der Waals surface area contributed by atoms with Crippen LogP contribution in [0.25, 0.3) is 10.8 Å². The standard InChI is InChI=1S/C23H24F2N2O2S/c24-23(25)30(28,29)21-10-8-18(9-11-21)16-26-12-14-27(15-13-26)17-20-6-3-5-19-4-1-2-7-22(19)20/h1-11,23H,12-17H2. The molecular formula is C23H24F2N2O2S. The van der Waals surface area contributed by atoms with E-state index in [0.29, 0.717) is 6.54 Å². The summed E-state index contributed by atoms with van der Waals surface area (Å²) in [6.07, 6.45) is 0. The zero-order chi connectivity index (χ0) is 21.1. The van der Waals surface area contributed by atoms with Crippen molar-refractivity contribution in [3.05, 3.63) is 77.9 Å². The molecule has 0 saturated carbocycles. The van der Waals surface area contributed by atoms with Gasteiger partial charge in [-0.25, -0.2) is 8.42 Å². The van der Waals surface area contributed by atoms with Gasteiger partial charge in [-0.3, -0.25) is 9.80 Å². The Labute approximate surface area is 175 Å². The van der Waals surface area contributed by atoms with Gasteiger partial charge in [-0.2, -0.15) is 8.78 Å². The van der Waals surface area contributed by atoms with Gasteiger partial charge in [0.05, 0.1) is 4.90 Å². The Kier molecular flexibility index (Phi) is 6.13. The number of piperazine rings is 1. The molecule has 0 radical (unpaired) electrons. The van der Waals surface area contributed by atoms with E-state index in [1.54, 1.807) is 12.1 Å². The van der Waals surface area contributed by atoms with E-state index in [1.165, 1.54) is 28.5 Å². The molecule has 0 spiro atoms. The lowest BCUT2D eigenvalue weighted by molar-refractivity contribution is 0.122. The zero-order valence-electron chi connectivity index (χ0n) is 16.5. The maximum atomic E-state index is 12.6. The van der Waals surface area contributed by atoms with E-state index < -0.39 is 15.6 Å². The zero-order valence-corrected chi connectivity index (χ0v) is 17.4. The number of alkyl halides is 2. The van der Waals surface area contributed by atoms with Crippen LogP contribution in [0.4, 0.5) is 8.78 Å². The molecule has 0 bridgehead atoms. The number of halogens is 2. The molecule has 4 rings (SSSR count). The lowest BCUT2D eigenvalue weighted by Gasteiger charge is -2.35. The van der Waals surface area contributed by atoms with Crippen molar-refractivity contribution in [1.82, 2.24) is 9.80 Å². The van der Waals surface area contributed by atoms with Gasteiger partial charge >= 0.3 is 5.76 Å². The Morgan fingerprint density at radius 3 is 2.03 bits per heavy atom. The summed E-state index contributed by atoms with van der Waals surface area (Å²) in [7, 11) is -4.53. The van der Waals surface area contributed by atoms with E-state index in [2.05, 4.69) is 52.3 Å². The Morgan fingerprint density at radius 2 is 1.37 bits per heavy atom. The number of fused-ring (bicyclic) bond motifs is 1. The molecular weight excluding hydrogens is 406 g/mol. The smallest absolute Gasteiger partial charge is 0.297 e. The Balaban J connectivity index is 1.34. The monoisotopic (exact) mass is 430 g/mol. The molecule has 1 aliphatic rings. The lowest BCUT2D eigenvalue weighted by atomic mass is 10.0. The highest BCUT2D eigenvalue weighted by Crippen LogP contribution is 2.22. The predicted molar refractivity (Wildman–Crippen MR) is 114 cm³/mol. The van der Waals surface area contributed by atoms with Crippen LogP contribution in [-0.4, -0.2) is 50.2 Å². The van der Waals surface area contributed by atoms with Crippen molar-refractivity contribution in [2.45, 2.75) is 23.7 Å². The first-order valence-electron chi connectivity index (χ1n) is 9.96. The third kappa shape index (κ3) is 4.53. The van der Waals surface area contributed by atoms with Crippen LogP contribution in [0.3, 0.4) is 0 Å². The normalized spacial score (nSPS) is 16.4. The molecule has 0 unspecified atom stereocenters. The van der Waals surface area contributed by atoms with Gasteiger partial charge in [0.25, 0.3) is 0 Å². The molecule has 1 aliphatic heterocycles. The van der Waals surface area contributed by atoms with Gasteiger partial charge in [0.2, 0.25) is 9.84 Å². The number of sulfone groups is 1. The van der Waals surface area contributed by atoms with Gasteiger partial charge in [-0.15, -0.1) is 0 Å². The highest BCUT2D eigenvalue weighted by atomic mass is 32.2. The quantitative estimate of drug-likeness (QED) is 0.589. The number of hydrogen-bond acceptors (Lipinski definition) is 4. The average Bonchev–Trinajstić information content (AvgIpc) is 2.76. The van der Waals surface area contributed by atoms with E-state index in [1.807, 2.05) is 0 Å². The van der Waals surface area contributed by atoms with Crippen LogP contribution in [0, 0.1) is 0 Å². The Bertz CT molecular complexity index is 1100. The summed E-state index contributed by atoms with van der Waals surface area (Å²) in [6, 6.07) is 20.6. The predicted octanol–water partition coefficient (Wildman–Crippen LogP) is 4.15. The van der Waals surface area contributed by atoms with Crippen LogP contribution in [0.15, 0.2) is 71.6 Å². The molecule has 3 aromatic rings. The minimum absolute atomic E-state index is 0.332. The van der Waals surface area contributed by atoms with Gasteiger partial charge in [0.1, 0.15) is 0 Å². The molecule has 0 atom stereocenters. The second-order valence-corrected chi connectivity index (χ2v) is 9.56. The molecule has 1 saturated heterocycles. The van der Waals surface area contributed by atoms with Crippen LogP contribution in [0.5, 0.6) is 0 Å². The van der Waals surface area contributed by atoms with Gasteiger partial charge in [0, 0.05) is 39.3 Å². The summed E-state index contributed by atoms with van der Waals surface area (Å²) in [5.41, 5.74) is 2.25. The third-order valence-corrected chi connectivity index (χ3v) is 7.03. The van der Waals surface area contributed by atoms with Crippen LogP contribution in [-0.2, 0) is 22.9 Å². The van der Waals surface area contributed by atoms with Crippen molar-refractivity contribution >= 4 is 20.6 Å². The number of rotatable bonds is 6. The molecule has 0 N–H and O–H groups in total. The summed E-state index contributed by atoms with van der Waals surface area (Å²) in [6.45, 7) is 5.29. The van der Waals surface area contributed by atoms with Crippen molar-refractivity contribution in [2.75, 3.05) is 26.2 Å². The third-order valence-electron chi connectivity index (χ3n) is 5.63. The summed E-state index contributed by atoms with van der Waals surface area (Å²) < 4.78 is 48.4. The van der Waals surface area contributed by atoms with Crippen molar-refractivity contribution in [1.29, 1.82) is 0 Å². The molecule has 0 aliphatic carbocycles. The van der Waals surface area contributed by atoms with Crippen LogP contribution < -0.4 is 0 Å². The molecule has 0 aromatic heterocycles. The highest BCUT2D eigenvalue weighted by Gasteiger charge is 2.26. The topological polar surface area (TPSA) is 40.6 Å². The molecule has 158 valence electrons. The van der Waals surface area contributed by atoms with Crippen molar-refractivity contribution in [3.63, 3.8) is 0 Å². The number of benzene rings is 3. The largest absolute Gasteiger partial charge is 0.341 e. The first-order chi connectivity index (χ1) is 14.4. The fraction of sp³-hybridized carbons (Fsp3) is 0.304. The first kappa shape index (κ1) is 20.9. The summed E-state index contributed by atoms with van der Waals surface area (Å²) >= 11 is 0. The maximum absolute atomic E-state index is 12.6. The average molecular weight is 431 g/mol. The minimum Gasteiger partial charge on any atom is -0.297 e. The lowest BCUT2D eigenvalue weighted by Crippen LogP contribution is -2.45. The fourth-order valence-electron chi connectivity index (χ4n) is 3.92. The number of nitrogens with zero attached hydrogens (tertiary/aromatic N) is 2. The fourth-order valence-corrected chi connectivity index (χ4v) is 4.64. The maximum Gasteiger partial charge on any atom is 0.341 e. The van der Waals surface area contributed by atoms with Crippen molar-refractivity contribution in [2.24, 2.45) is 0 Å². The van der Waals surface area contributed by atoms with E-state index in [9.17, 15) is 17.2 Å². The SMILES string of the molecule is O=S(=O)(c1ccc(CN2CCN(Cc3cccc4ccccc34)CC2)cc1)C(F)F. The molecule has 7 heteroatoms.